The molecule has 5 unspecified atom stereocenters. The first-order valence-electron chi connectivity index (χ1n) is 37.8. The number of rotatable bonds is 71. The molecular weight excluding hydrogens is 1270 g/mol. The fourth-order valence-corrected chi connectivity index (χ4v) is 11.5. The van der Waals surface area contributed by atoms with Crippen LogP contribution in [-0.4, -0.2) is 95.9 Å². The molecule has 18 heteroatoms. The van der Waals surface area contributed by atoms with Crippen LogP contribution in [0.5, 0.6) is 0 Å². The van der Waals surface area contributed by atoms with E-state index in [1.807, 2.05) is 0 Å². The minimum atomic E-state index is -4.93. The molecule has 0 saturated carbocycles. The molecule has 0 saturated heterocycles. The number of carbonyl (C=O) groups is 3. The first-order chi connectivity index (χ1) is 47.2. The zero-order valence-electron chi connectivity index (χ0n) is 60.7. The molecule has 16 nitrogen and oxygen atoms in total. The lowest BCUT2D eigenvalue weighted by Gasteiger charge is -2.21. The van der Waals surface area contributed by atoms with E-state index in [9.17, 15) is 43.5 Å². The van der Waals surface area contributed by atoms with E-state index in [4.69, 9.17) is 32.3 Å². The summed E-state index contributed by atoms with van der Waals surface area (Å²) in [5.41, 5.74) is 0. The van der Waals surface area contributed by atoms with Crippen LogP contribution in [0, 0.1) is 0 Å². The average molecular weight is 1400 g/mol. The minimum absolute atomic E-state index is 0.104. The summed E-state index contributed by atoms with van der Waals surface area (Å²) >= 11 is 0. The van der Waals surface area contributed by atoms with Crippen molar-refractivity contribution in [1.82, 2.24) is 0 Å². The summed E-state index contributed by atoms with van der Waals surface area (Å²) in [7, 11) is -9.78. The van der Waals surface area contributed by atoms with E-state index in [0.717, 1.165) is 154 Å². The Kier molecular flexibility index (Phi) is 68.8. The molecule has 0 aliphatic heterocycles. The lowest BCUT2D eigenvalue weighted by molar-refractivity contribution is -0.161. The minimum Gasteiger partial charge on any atom is -0.463 e. The molecule has 0 aliphatic rings. The molecule has 0 bridgehead atoms. The maximum Gasteiger partial charge on any atom is 0.472 e. The predicted molar refractivity (Wildman–Crippen MR) is 399 cm³/mol. The molecule has 0 rings (SSSR count). The average Bonchev–Trinajstić information content (AvgIpc) is 1.85. The Morgan fingerprint density at radius 3 is 0.887 bits per heavy atom. The van der Waals surface area contributed by atoms with Gasteiger partial charge >= 0.3 is 33.6 Å². The fourth-order valence-electron chi connectivity index (χ4n) is 9.91. The Labute approximate surface area is 589 Å². The summed E-state index contributed by atoms with van der Waals surface area (Å²) in [6.45, 7) is 2.51. The Balaban J connectivity index is 4.54. The van der Waals surface area contributed by atoms with Crippen molar-refractivity contribution in [3.63, 3.8) is 0 Å². The smallest absolute Gasteiger partial charge is 0.463 e. The second-order valence-electron chi connectivity index (χ2n) is 25.1. The van der Waals surface area contributed by atoms with Crippen LogP contribution in [-0.2, 0) is 55.8 Å². The van der Waals surface area contributed by atoms with Crippen molar-refractivity contribution in [3.05, 3.63) is 122 Å². The third-order valence-corrected chi connectivity index (χ3v) is 17.6. The molecule has 0 aromatic carbocycles. The lowest BCUT2D eigenvalue weighted by Crippen LogP contribution is -2.30. The highest BCUT2D eigenvalue weighted by atomic mass is 31.2. The molecule has 0 spiro atoms. The van der Waals surface area contributed by atoms with Crippen LogP contribution in [0.25, 0.3) is 0 Å². The van der Waals surface area contributed by atoms with Gasteiger partial charge in [-0.2, -0.15) is 0 Å². The lowest BCUT2D eigenvalue weighted by atomic mass is 10.1. The van der Waals surface area contributed by atoms with Gasteiger partial charge in [-0.05, 0) is 116 Å². The summed E-state index contributed by atoms with van der Waals surface area (Å²) in [5.74, 6) is -1.59. The van der Waals surface area contributed by atoms with Crippen molar-refractivity contribution in [2.24, 2.45) is 0 Å². The van der Waals surface area contributed by atoms with Crippen LogP contribution in [0.15, 0.2) is 122 Å². The van der Waals surface area contributed by atoms with Crippen molar-refractivity contribution in [2.45, 2.75) is 322 Å². The highest BCUT2D eigenvalue weighted by molar-refractivity contribution is 7.47. The van der Waals surface area contributed by atoms with Gasteiger partial charge in [-0.3, -0.25) is 32.5 Å². The van der Waals surface area contributed by atoms with Crippen LogP contribution in [0.1, 0.15) is 303 Å². The summed E-state index contributed by atoms with van der Waals surface area (Å²) in [6.07, 6.45) is 83.9. The van der Waals surface area contributed by atoms with Crippen LogP contribution in [0.3, 0.4) is 0 Å². The van der Waals surface area contributed by atoms with Crippen LogP contribution in [0.4, 0.5) is 0 Å². The van der Waals surface area contributed by atoms with Crippen molar-refractivity contribution in [2.75, 3.05) is 39.6 Å². The van der Waals surface area contributed by atoms with Gasteiger partial charge in [0.25, 0.3) is 0 Å². The van der Waals surface area contributed by atoms with Crippen LogP contribution in [0.2, 0.25) is 0 Å². The standard InChI is InChI=1S/C79H136O16P2/c1-4-7-10-13-16-19-22-24-26-28-30-32-34-36-38-40-42-44-46-48-51-53-56-59-62-65-77(82)89-68-74(80)69-91-96(85,86)92-70-75(81)71-93-97(87,88)94-73-76(95-79(84)67-64-61-58-55-50-21-18-15-12-9-6-3)72-90-78(83)66-63-60-57-54-52-49-47-45-43-41-39-37-35-33-31-29-27-25-23-20-17-14-11-8-5-2/h7,10,16-17,19-20,24-27,30-33,36-39,42,44,74-76,80-81H,4-6,8-9,11-15,18,21-23,28-29,34-35,40-41,43,45-73H2,1-3H3,(H,85,86)(H,87,88)/b10-7-,19-16-,20-17-,26-24-,27-25-,32-30-,33-31-,38-36-,39-37-,44-42-. The largest absolute Gasteiger partial charge is 0.472 e. The molecule has 0 aromatic heterocycles. The first-order valence-corrected chi connectivity index (χ1v) is 40.8. The van der Waals surface area contributed by atoms with E-state index in [0.29, 0.717) is 19.3 Å². The van der Waals surface area contributed by atoms with Gasteiger partial charge in [-0.25, -0.2) is 9.13 Å². The van der Waals surface area contributed by atoms with E-state index in [1.54, 1.807) is 0 Å². The third kappa shape index (κ3) is 73.0. The topological polar surface area (TPSA) is 231 Å². The maximum atomic E-state index is 12.9. The number of aliphatic hydroxyl groups excluding tert-OH is 2. The fraction of sp³-hybridized carbons (Fsp3) is 0.709. The second kappa shape index (κ2) is 71.8. The maximum absolute atomic E-state index is 12.9. The number of unbranched alkanes of at least 4 members (excludes halogenated alkanes) is 28. The van der Waals surface area contributed by atoms with Crippen LogP contribution < -0.4 is 0 Å². The van der Waals surface area contributed by atoms with Crippen molar-refractivity contribution in [1.29, 1.82) is 0 Å². The Morgan fingerprint density at radius 2 is 0.546 bits per heavy atom. The van der Waals surface area contributed by atoms with Crippen molar-refractivity contribution in [3.8, 4) is 0 Å². The van der Waals surface area contributed by atoms with Crippen molar-refractivity contribution < 1.29 is 75.8 Å². The van der Waals surface area contributed by atoms with Crippen molar-refractivity contribution >= 4 is 33.6 Å². The number of phosphoric acid groups is 2. The van der Waals surface area contributed by atoms with Gasteiger partial charge in [-0.15, -0.1) is 0 Å². The summed E-state index contributed by atoms with van der Waals surface area (Å²) in [5, 5.41) is 20.6. The zero-order chi connectivity index (χ0) is 70.9. The normalized spacial score (nSPS) is 14.8. The molecule has 0 heterocycles. The van der Waals surface area contributed by atoms with Gasteiger partial charge in [0.2, 0.25) is 0 Å². The third-order valence-electron chi connectivity index (χ3n) is 15.7. The quantitative estimate of drug-likeness (QED) is 0.0146. The molecule has 5 atom stereocenters. The van der Waals surface area contributed by atoms with Gasteiger partial charge in [0.15, 0.2) is 6.10 Å². The van der Waals surface area contributed by atoms with E-state index >= 15 is 0 Å². The number of phosphoric ester groups is 2. The highest BCUT2D eigenvalue weighted by Gasteiger charge is 2.29. The van der Waals surface area contributed by atoms with E-state index < -0.39 is 91.5 Å². The number of aliphatic hydroxyl groups is 2. The molecule has 0 aromatic rings. The van der Waals surface area contributed by atoms with Gasteiger partial charge in [0.05, 0.1) is 26.4 Å². The second-order valence-corrected chi connectivity index (χ2v) is 28.0. The molecular formula is C79H136O16P2. The zero-order valence-corrected chi connectivity index (χ0v) is 62.5. The van der Waals surface area contributed by atoms with Gasteiger partial charge < -0.3 is 34.2 Å². The molecule has 97 heavy (non-hydrogen) atoms. The molecule has 0 amide bonds. The summed E-state index contributed by atoms with van der Waals surface area (Å²) in [4.78, 5) is 58.5. The number of carbonyl (C=O) groups excluding carboxylic acids is 3. The number of allylic oxidation sites excluding steroid dienone is 20. The Morgan fingerprint density at radius 1 is 0.299 bits per heavy atom. The van der Waals surface area contributed by atoms with E-state index in [-0.39, 0.29) is 19.3 Å². The molecule has 558 valence electrons. The number of ether oxygens (including phenoxy) is 3. The first kappa shape index (κ1) is 93.0. The number of hydrogen-bond donors (Lipinski definition) is 4. The van der Waals surface area contributed by atoms with E-state index in [2.05, 4.69) is 142 Å². The Hall–Kier alpha value is -4.05. The predicted octanol–water partition coefficient (Wildman–Crippen LogP) is 21.8. The number of esters is 3. The Bertz CT molecular complexity index is 2250. The highest BCUT2D eigenvalue weighted by Crippen LogP contribution is 2.45. The monoisotopic (exact) mass is 1400 g/mol. The van der Waals surface area contributed by atoms with Crippen LogP contribution >= 0.6 is 15.6 Å². The van der Waals surface area contributed by atoms with Gasteiger partial charge in [-0.1, -0.05) is 290 Å². The molecule has 0 aliphatic carbocycles. The molecule has 0 fully saturated rings. The van der Waals surface area contributed by atoms with Gasteiger partial charge in [0, 0.05) is 19.3 Å². The summed E-state index contributed by atoms with van der Waals surface area (Å²) < 4.78 is 61.0. The van der Waals surface area contributed by atoms with Gasteiger partial charge in [0.1, 0.15) is 25.4 Å². The number of hydrogen-bond acceptors (Lipinski definition) is 14. The summed E-state index contributed by atoms with van der Waals surface area (Å²) in [6, 6.07) is 0. The SMILES string of the molecule is CC/C=C\C/C=C\C/C=C\C/C=C\C/C=C\C/C=C\CCCCCCCCC(=O)OCC(O)COP(=O)(O)OCC(O)COP(=O)(O)OCC(COC(=O)CCCCCCCCCCC/C=C\C/C=C\C/C=C\C/C=C\CCCCC)OC(=O)CCCCCCCCCCCCC. The van der Waals surface area contributed by atoms with E-state index in [1.165, 1.54) is 89.9 Å². The molecule has 4 N–H and O–H groups in total. The molecule has 0 radical (unpaired) electrons.